The summed E-state index contributed by atoms with van der Waals surface area (Å²) in [5, 5.41) is 0. The number of hydrogen-bond acceptors (Lipinski definition) is 5. The van der Waals surface area contributed by atoms with Gasteiger partial charge >= 0.3 is 0 Å². The highest BCUT2D eigenvalue weighted by Crippen LogP contribution is 2.22. The molecule has 0 bridgehead atoms. The molecule has 9 heteroatoms. The van der Waals surface area contributed by atoms with E-state index >= 15 is 0 Å². The van der Waals surface area contributed by atoms with E-state index < -0.39 is 22.4 Å². The zero-order chi connectivity index (χ0) is 20.1. The minimum atomic E-state index is -4.03. The molecule has 1 fully saturated rings. The van der Waals surface area contributed by atoms with Gasteiger partial charge in [-0.05, 0) is 23.8 Å². The summed E-state index contributed by atoms with van der Waals surface area (Å²) in [6, 6.07) is 12.8. The maximum absolute atomic E-state index is 13.8. The molecule has 1 saturated heterocycles. The van der Waals surface area contributed by atoms with E-state index in [0.29, 0.717) is 19.7 Å². The lowest BCUT2D eigenvalue weighted by Gasteiger charge is -2.33. The number of ether oxygens (including phenoxy) is 2. The second kappa shape index (κ2) is 8.68. The summed E-state index contributed by atoms with van der Waals surface area (Å²) in [6.45, 7) is 0.655. The van der Waals surface area contributed by atoms with E-state index in [-0.39, 0.29) is 22.7 Å². The molecule has 7 nitrogen and oxygen atoms in total. The number of carbonyl (C=O) groups is 1. The van der Waals surface area contributed by atoms with E-state index in [1.54, 1.807) is 4.90 Å². The predicted molar refractivity (Wildman–Crippen MR) is 99.9 cm³/mol. The Morgan fingerprint density at radius 1 is 1.29 bits per heavy atom. The van der Waals surface area contributed by atoms with Gasteiger partial charge in [0.05, 0.1) is 31.7 Å². The van der Waals surface area contributed by atoms with Gasteiger partial charge in [0, 0.05) is 6.54 Å². The molecule has 150 valence electrons. The predicted octanol–water partition coefficient (Wildman–Crippen LogP) is 1.71. The highest BCUT2D eigenvalue weighted by molar-refractivity contribution is 7.89. The molecule has 2 aromatic rings. The monoisotopic (exact) mass is 408 g/mol. The molecule has 3 rings (SSSR count). The van der Waals surface area contributed by atoms with Gasteiger partial charge in [-0.25, -0.2) is 17.5 Å². The van der Waals surface area contributed by atoms with E-state index in [9.17, 15) is 17.6 Å². The first kappa shape index (κ1) is 20.2. The van der Waals surface area contributed by atoms with Crippen LogP contribution in [0.4, 0.5) is 4.39 Å². The Bertz CT molecular complexity index is 937. The van der Waals surface area contributed by atoms with Gasteiger partial charge in [0.15, 0.2) is 11.6 Å². The molecule has 1 aliphatic rings. The van der Waals surface area contributed by atoms with Gasteiger partial charge in [-0.15, -0.1) is 0 Å². The summed E-state index contributed by atoms with van der Waals surface area (Å²) in [5.74, 6) is -1.23. The van der Waals surface area contributed by atoms with Gasteiger partial charge in [0.2, 0.25) is 15.9 Å². The number of morpholine rings is 1. The van der Waals surface area contributed by atoms with Crippen molar-refractivity contribution >= 4 is 15.9 Å². The number of sulfonamides is 1. The number of amides is 1. The van der Waals surface area contributed by atoms with Crippen molar-refractivity contribution in [3.05, 3.63) is 59.9 Å². The summed E-state index contributed by atoms with van der Waals surface area (Å²) in [4.78, 5) is 13.7. The van der Waals surface area contributed by atoms with Gasteiger partial charge < -0.3 is 14.4 Å². The molecule has 0 spiro atoms. The fourth-order valence-electron chi connectivity index (χ4n) is 2.91. The average molecular weight is 408 g/mol. The largest absolute Gasteiger partial charge is 0.494 e. The second-order valence-electron chi connectivity index (χ2n) is 6.23. The standard InChI is InChI=1S/C19H21FN2O5S/c1-26-17-8-7-15(11-16(17)20)28(24,25)21-12-19(23)22-9-10-27-18(13-22)14-5-3-2-4-6-14/h2-8,11,18,21H,9-10,12-13H2,1H3/t18-/m1/s1. The molecule has 1 atom stereocenters. The molecular weight excluding hydrogens is 387 g/mol. The molecule has 0 radical (unpaired) electrons. The molecule has 1 N–H and O–H groups in total. The van der Waals surface area contributed by atoms with Crippen molar-refractivity contribution in [1.82, 2.24) is 9.62 Å². The second-order valence-corrected chi connectivity index (χ2v) is 8.00. The highest BCUT2D eigenvalue weighted by Gasteiger charge is 2.26. The number of benzene rings is 2. The number of methoxy groups -OCH3 is 1. The molecule has 2 aromatic carbocycles. The van der Waals surface area contributed by atoms with E-state index in [2.05, 4.69) is 4.72 Å². The third-order valence-corrected chi connectivity index (χ3v) is 5.84. The lowest BCUT2D eigenvalue weighted by atomic mass is 10.1. The van der Waals surface area contributed by atoms with Crippen molar-refractivity contribution in [3.8, 4) is 5.75 Å². The van der Waals surface area contributed by atoms with Crippen LogP contribution in [-0.4, -0.2) is 52.6 Å². The van der Waals surface area contributed by atoms with E-state index in [0.717, 1.165) is 11.6 Å². The molecule has 0 aromatic heterocycles. The summed E-state index contributed by atoms with van der Waals surface area (Å²) < 4.78 is 51.2. The van der Waals surface area contributed by atoms with E-state index in [1.165, 1.54) is 19.2 Å². The van der Waals surface area contributed by atoms with Crippen LogP contribution in [0.25, 0.3) is 0 Å². The van der Waals surface area contributed by atoms with Crippen LogP contribution in [0, 0.1) is 5.82 Å². The minimum absolute atomic E-state index is 0.0599. The van der Waals surface area contributed by atoms with Crippen LogP contribution in [0.3, 0.4) is 0 Å². The zero-order valence-electron chi connectivity index (χ0n) is 15.3. The van der Waals surface area contributed by atoms with Crippen LogP contribution in [0.1, 0.15) is 11.7 Å². The topological polar surface area (TPSA) is 84.9 Å². The Hall–Kier alpha value is -2.49. The number of nitrogens with zero attached hydrogens (tertiary/aromatic N) is 1. The Kier molecular flexibility index (Phi) is 6.28. The van der Waals surface area contributed by atoms with E-state index in [4.69, 9.17) is 9.47 Å². The lowest BCUT2D eigenvalue weighted by molar-refractivity contribution is -0.137. The van der Waals surface area contributed by atoms with E-state index in [1.807, 2.05) is 30.3 Å². The SMILES string of the molecule is COc1ccc(S(=O)(=O)NCC(=O)N2CCO[C@@H](c3ccccc3)C2)cc1F. The first-order chi connectivity index (χ1) is 13.4. The molecule has 1 amide bonds. The number of nitrogens with one attached hydrogen (secondary N) is 1. The number of carbonyl (C=O) groups excluding carboxylic acids is 1. The number of halogens is 1. The van der Waals surface area contributed by atoms with Crippen molar-refractivity contribution in [2.24, 2.45) is 0 Å². The molecular formula is C19H21FN2O5S. The summed E-state index contributed by atoms with van der Waals surface area (Å²) in [7, 11) is -2.75. The van der Waals surface area contributed by atoms with Gasteiger partial charge in [-0.1, -0.05) is 30.3 Å². The fourth-order valence-corrected chi connectivity index (χ4v) is 3.90. The quantitative estimate of drug-likeness (QED) is 0.787. The first-order valence-electron chi connectivity index (χ1n) is 8.68. The van der Waals surface area contributed by atoms with Crippen LogP contribution in [0.2, 0.25) is 0 Å². The third-order valence-electron chi connectivity index (χ3n) is 4.44. The summed E-state index contributed by atoms with van der Waals surface area (Å²) in [6.07, 6.45) is -0.258. The fraction of sp³-hybridized carbons (Fsp3) is 0.316. The van der Waals surface area contributed by atoms with Gasteiger partial charge in [0.1, 0.15) is 6.10 Å². The van der Waals surface area contributed by atoms with Crippen molar-refractivity contribution in [3.63, 3.8) is 0 Å². The van der Waals surface area contributed by atoms with Crippen LogP contribution in [0.5, 0.6) is 5.75 Å². The Morgan fingerprint density at radius 2 is 2.04 bits per heavy atom. The van der Waals surface area contributed by atoms with Crippen molar-refractivity contribution in [2.75, 3.05) is 33.4 Å². The van der Waals surface area contributed by atoms with Crippen LogP contribution in [0.15, 0.2) is 53.4 Å². The average Bonchev–Trinajstić information content (AvgIpc) is 2.72. The van der Waals surface area contributed by atoms with Gasteiger partial charge in [-0.3, -0.25) is 4.79 Å². The van der Waals surface area contributed by atoms with Crippen LogP contribution < -0.4 is 9.46 Å². The van der Waals surface area contributed by atoms with Crippen LogP contribution in [-0.2, 0) is 19.6 Å². The lowest BCUT2D eigenvalue weighted by Crippen LogP contribution is -2.46. The summed E-state index contributed by atoms with van der Waals surface area (Å²) >= 11 is 0. The maximum atomic E-state index is 13.8. The Labute approximate surface area is 163 Å². The summed E-state index contributed by atoms with van der Waals surface area (Å²) in [5.41, 5.74) is 0.953. The zero-order valence-corrected chi connectivity index (χ0v) is 16.1. The van der Waals surface area contributed by atoms with Crippen molar-refractivity contribution in [2.45, 2.75) is 11.0 Å². The normalized spacial score (nSPS) is 17.4. The molecule has 1 heterocycles. The maximum Gasteiger partial charge on any atom is 0.241 e. The molecule has 0 saturated carbocycles. The molecule has 0 unspecified atom stereocenters. The van der Waals surface area contributed by atoms with Crippen LogP contribution >= 0.6 is 0 Å². The smallest absolute Gasteiger partial charge is 0.241 e. The number of hydrogen-bond donors (Lipinski definition) is 1. The minimum Gasteiger partial charge on any atom is -0.494 e. The molecule has 0 aliphatic carbocycles. The number of rotatable bonds is 6. The Morgan fingerprint density at radius 3 is 2.71 bits per heavy atom. The first-order valence-corrected chi connectivity index (χ1v) is 10.2. The highest BCUT2D eigenvalue weighted by atomic mass is 32.2. The molecule has 1 aliphatic heterocycles. The van der Waals surface area contributed by atoms with Gasteiger partial charge in [-0.2, -0.15) is 0 Å². The van der Waals surface area contributed by atoms with Crippen molar-refractivity contribution < 1.29 is 27.1 Å². The Balaban J connectivity index is 1.62. The molecule has 28 heavy (non-hydrogen) atoms. The van der Waals surface area contributed by atoms with Gasteiger partial charge in [0.25, 0.3) is 0 Å². The third kappa shape index (κ3) is 4.67. The van der Waals surface area contributed by atoms with Crippen molar-refractivity contribution in [1.29, 1.82) is 0 Å².